The Kier molecular flexibility index (Phi) is 3.10. The van der Waals surface area contributed by atoms with E-state index in [4.69, 9.17) is 10.5 Å². The second-order valence-corrected chi connectivity index (χ2v) is 3.08. The van der Waals surface area contributed by atoms with E-state index < -0.39 is 5.91 Å². The van der Waals surface area contributed by atoms with Crippen molar-refractivity contribution in [2.75, 3.05) is 6.61 Å². The van der Waals surface area contributed by atoms with Crippen molar-refractivity contribution in [3.8, 4) is 5.75 Å². The van der Waals surface area contributed by atoms with Crippen molar-refractivity contribution in [2.45, 2.75) is 0 Å². The lowest BCUT2D eigenvalue weighted by molar-refractivity contribution is -0.120. The summed E-state index contributed by atoms with van der Waals surface area (Å²) in [6.45, 7) is -0.193. The summed E-state index contributed by atoms with van der Waals surface area (Å²) in [6.07, 6.45) is 0. The summed E-state index contributed by atoms with van der Waals surface area (Å²) in [5.74, 6) is -0.128. The summed E-state index contributed by atoms with van der Waals surface area (Å²) in [6, 6.07) is 7.08. The lowest BCUT2D eigenvalue weighted by Gasteiger charge is -2.01. The molecule has 0 aliphatic rings. The molecular formula is C8H7BrNO2. The predicted octanol–water partition coefficient (Wildman–Crippen LogP) is 1.64. The van der Waals surface area contributed by atoms with Gasteiger partial charge < -0.3 is 4.74 Å². The first-order valence-corrected chi connectivity index (χ1v) is 4.10. The predicted molar refractivity (Wildman–Crippen MR) is 47.7 cm³/mol. The maximum Gasteiger partial charge on any atom is 0.276 e. The normalized spacial score (nSPS) is 9.42. The second kappa shape index (κ2) is 4.11. The fourth-order valence-corrected chi connectivity index (χ4v) is 0.944. The van der Waals surface area contributed by atoms with Gasteiger partial charge in [0.2, 0.25) is 0 Å². The molecule has 0 saturated carbocycles. The van der Waals surface area contributed by atoms with Gasteiger partial charge in [0.15, 0.2) is 6.61 Å². The summed E-state index contributed by atoms with van der Waals surface area (Å²) in [7, 11) is 0. The smallest absolute Gasteiger partial charge is 0.276 e. The number of benzene rings is 1. The molecule has 0 fully saturated rings. The Morgan fingerprint density at radius 2 is 2.00 bits per heavy atom. The zero-order valence-electron chi connectivity index (χ0n) is 6.21. The Balaban J connectivity index is 2.53. The van der Waals surface area contributed by atoms with E-state index in [2.05, 4.69) is 15.9 Å². The molecule has 0 bridgehead atoms. The number of amides is 1. The molecule has 12 heavy (non-hydrogen) atoms. The van der Waals surface area contributed by atoms with E-state index in [9.17, 15) is 4.79 Å². The van der Waals surface area contributed by atoms with Crippen molar-refractivity contribution in [1.82, 2.24) is 5.73 Å². The van der Waals surface area contributed by atoms with Crippen LogP contribution in [0.5, 0.6) is 5.75 Å². The van der Waals surface area contributed by atoms with E-state index in [1.807, 2.05) is 12.1 Å². The average molecular weight is 229 g/mol. The Hall–Kier alpha value is -1.03. The highest BCUT2D eigenvalue weighted by atomic mass is 79.9. The van der Waals surface area contributed by atoms with Crippen LogP contribution in [0.15, 0.2) is 28.7 Å². The second-order valence-electron chi connectivity index (χ2n) is 2.17. The molecule has 0 atom stereocenters. The molecule has 1 N–H and O–H groups in total. The van der Waals surface area contributed by atoms with E-state index in [0.29, 0.717) is 5.75 Å². The molecule has 0 saturated heterocycles. The van der Waals surface area contributed by atoms with E-state index in [1.54, 1.807) is 12.1 Å². The molecule has 0 aliphatic carbocycles. The van der Waals surface area contributed by atoms with Crippen LogP contribution in [0.25, 0.3) is 0 Å². The Labute approximate surface area is 78.6 Å². The van der Waals surface area contributed by atoms with Gasteiger partial charge in [0.1, 0.15) is 5.75 Å². The summed E-state index contributed by atoms with van der Waals surface area (Å²) in [5, 5.41) is 0. The highest BCUT2D eigenvalue weighted by Gasteiger charge is 1.96. The third kappa shape index (κ3) is 2.92. The summed E-state index contributed by atoms with van der Waals surface area (Å²) < 4.78 is 5.92. The first kappa shape index (κ1) is 9.06. The van der Waals surface area contributed by atoms with Gasteiger partial charge in [0.25, 0.3) is 5.91 Å². The van der Waals surface area contributed by atoms with E-state index in [-0.39, 0.29) is 6.61 Å². The van der Waals surface area contributed by atoms with Crippen LogP contribution in [0.4, 0.5) is 0 Å². The third-order valence-electron chi connectivity index (χ3n) is 1.18. The Bertz CT molecular complexity index is 271. The van der Waals surface area contributed by atoms with Crippen LogP contribution < -0.4 is 10.5 Å². The van der Waals surface area contributed by atoms with Gasteiger partial charge in [-0.25, -0.2) is 0 Å². The fraction of sp³-hybridized carbons (Fsp3) is 0.125. The minimum atomic E-state index is -0.724. The lowest BCUT2D eigenvalue weighted by atomic mass is 10.3. The van der Waals surface area contributed by atoms with Crippen LogP contribution in [-0.2, 0) is 4.79 Å². The van der Waals surface area contributed by atoms with Gasteiger partial charge in [0, 0.05) is 4.47 Å². The van der Waals surface area contributed by atoms with Gasteiger partial charge in [-0.3, -0.25) is 10.5 Å². The number of rotatable bonds is 3. The number of carbonyl (C=O) groups is 1. The van der Waals surface area contributed by atoms with E-state index >= 15 is 0 Å². The topological polar surface area (TPSA) is 50.1 Å². The molecule has 0 aromatic heterocycles. The van der Waals surface area contributed by atoms with Gasteiger partial charge in [-0.2, -0.15) is 0 Å². The molecule has 0 heterocycles. The maximum atomic E-state index is 10.2. The summed E-state index contributed by atoms with van der Waals surface area (Å²) in [4.78, 5) is 10.2. The summed E-state index contributed by atoms with van der Waals surface area (Å²) in [5.41, 5.74) is 6.60. The monoisotopic (exact) mass is 228 g/mol. The molecule has 63 valence electrons. The SMILES string of the molecule is [NH]C(=O)COc1ccc(Br)cc1. The standard InChI is InChI=1S/C8H7BrNO2/c9-6-1-3-7(4-2-6)12-5-8(10)11/h1-4,10H,5H2. The largest absolute Gasteiger partial charge is 0.484 e. The first-order chi connectivity index (χ1) is 5.68. The molecular weight excluding hydrogens is 222 g/mol. The molecule has 3 nitrogen and oxygen atoms in total. The van der Waals surface area contributed by atoms with Crippen molar-refractivity contribution in [2.24, 2.45) is 0 Å². The highest BCUT2D eigenvalue weighted by molar-refractivity contribution is 9.10. The van der Waals surface area contributed by atoms with Crippen molar-refractivity contribution in [1.29, 1.82) is 0 Å². The minimum Gasteiger partial charge on any atom is -0.484 e. The zero-order valence-corrected chi connectivity index (χ0v) is 7.80. The van der Waals surface area contributed by atoms with E-state index in [0.717, 1.165) is 4.47 Å². The molecule has 0 unspecified atom stereocenters. The van der Waals surface area contributed by atoms with Crippen molar-refractivity contribution >= 4 is 21.8 Å². The van der Waals surface area contributed by atoms with Crippen LogP contribution in [0.3, 0.4) is 0 Å². The van der Waals surface area contributed by atoms with Crippen molar-refractivity contribution in [3.63, 3.8) is 0 Å². The van der Waals surface area contributed by atoms with Crippen LogP contribution in [0.2, 0.25) is 0 Å². The number of carbonyl (C=O) groups excluding carboxylic acids is 1. The summed E-state index contributed by atoms with van der Waals surface area (Å²) >= 11 is 3.27. The Morgan fingerprint density at radius 3 is 2.50 bits per heavy atom. The molecule has 4 heteroatoms. The number of hydrogen-bond acceptors (Lipinski definition) is 2. The fourth-order valence-electron chi connectivity index (χ4n) is 0.680. The molecule has 1 aromatic carbocycles. The maximum absolute atomic E-state index is 10.2. The van der Waals surface area contributed by atoms with Crippen molar-refractivity contribution < 1.29 is 9.53 Å². The lowest BCUT2D eigenvalue weighted by Crippen LogP contribution is -2.10. The van der Waals surface area contributed by atoms with Gasteiger partial charge in [-0.15, -0.1) is 0 Å². The quantitative estimate of drug-likeness (QED) is 0.790. The molecule has 1 amide bonds. The van der Waals surface area contributed by atoms with Crippen LogP contribution >= 0.6 is 15.9 Å². The third-order valence-corrected chi connectivity index (χ3v) is 1.71. The van der Waals surface area contributed by atoms with E-state index in [1.165, 1.54) is 0 Å². The molecule has 1 rings (SSSR count). The molecule has 0 aliphatic heterocycles. The first-order valence-electron chi connectivity index (χ1n) is 3.31. The average Bonchev–Trinajstić information content (AvgIpc) is 2.03. The van der Waals surface area contributed by atoms with Crippen LogP contribution in [0, 0.1) is 0 Å². The Morgan fingerprint density at radius 1 is 1.42 bits per heavy atom. The van der Waals surface area contributed by atoms with Crippen LogP contribution in [0.1, 0.15) is 0 Å². The number of ether oxygens (including phenoxy) is 1. The number of nitrogens with one attached hydrogen (secondary N) is 1. The minimum absolute atomic E-state index is 0.193. The van der Waals surface area contributed by atoms with Crippen molar-refractivity contribution in [3.05, 3.63) is 28.7 Å². The van der Waals surface area contributed by atoms with Gasteiger partial charge >= 0.3 is 0 Å². The van der Waals surface area contributed by atoms with Gasteiger partial charge in [-0.1, -0.05) is 15.9 Å². The zero-order chi connectivity index (χ0) is 8.97. The number of halogens is 1. The molecule has 0 spiro atoms. The van der Waals surface area contributed by atoms with Crippen LogP contribution in [-0.4, -0.2) is 12.5 Å². The molecule has 1 aromatic rings. The molecule has 1 radical (unpaired) electrons. The van der Waals surface area contributed by atoms with Gasteiger partial charge in [-0.05, 0) is 24.3 Å². The number of hydrogen-bond donors (Lipinski definition) is 0. The van der Waals surface area contributed by atoms with Gasteiger partial charge in [0.05, 0.1) is 0 Å². The highest BCUT2D eigenvalue weighted by Crippen LogP contribution is 2.15.